The van der Waals surface area contributed by atoms with Crippen LogP contribution in [0.15, 0.2) is 47.7 Å². The first kappa shape index (κ1) is 23.3. The van der Waals surface area contributed by atoms with Crippen molar-refractivity contribution in [1.29, 1.82) is 0 Å². The highest BCUT2D eigenvalue weighted by atomic mass is 32.2. The minimum atomic E-state index is -0.989. The molecule has 1 aliphatic carbocycles. The summed E-state index contributed by atoms with van der Waals surface area (Å²) in [7, 11) is 0. The van der Waals surface area contributed by atoms with Crippen LogP contribution in [-0.2, 0) is 9.53 Å². The molecule has 5 atom stereocenters. The first-order valence-corrected chi connectivity index (χ1v) is 12.5. The number of aliphatic imine (C=N–C) groups is 1. The molecule has 2 aromatic rings. The van der Waals surface area contributed by atoms with E-state index in [1.54, 1.807) is 10.9 Å². The Kier molecular flexibility index (Phi) is 7.16. The summed E-state index contributed by atoms with van der Waals surface area (Å²) in [5, 5.41) is 31.9. The Labute approximate surface area is 202 Å². The van der Waals surface area contributed by atoms with Crippen LogP contribution >= 0.6 is 11.8 Å². The lowest BCUT2D eigenvalue weighted by Crippen LogP contribution is -2.54. The maximum absolute atomic E-state index is 13.0. The Morgan fingerprint density at radius 3 is 2.74 bits per heavy atom. The molecule has 0 spiro atoms. The number of aliphatic hydroxyl groups is 2. The number of nitrogens with zero attached hydrogens (tertiary/aromatic N) is 4. The predicted octanol–water partition coefficient (Wildman–Crippen LogP) is 0.314. The lowest BCUT2D eigenvalue weighted by molar-refractivity contribution is -0.129. The second kappa shape index (κ2) is 10.4. The van der Waals surface area contributed by atoms with E-state index in [0.29, 0.717) is 11.7 Å². The molecule has 10 nitrogen and oxygen atoms in total. The molecule has 0 radical (unpaired) electrons. The Balaban J connectivity index is 1.20. The van der Waals surface area contributed by atoms with Crippen molar-refractivity contribution in [2.24, 2.45) is 10.9 Å². The van der Waals surface area contributed by atoms with Gasteiger partial charge >= 0.3 is 0 Å². The molecule has 0 bridgehead atoms. The minimum absolute atomic E-state index is 0.0956. The van der Waals surface area contributed by atoms with Gasteiger partial charge in [0.25, 0.3) is 0 Å². The Bertz CT molecular complexity index is 995. The molecule has 5 rings (SSSR count). The van der Waals surface area contributed by atoms with Crippen LogP contribution in [0.3, 0.4) is 0 Å². The van der Waals surface area contributed by atoms with Crippen LogP contribution in [-0.4, -0.2) is 98.9 Å². The number of amidine groups is 1. The second-order valence-electron chi connectivity index (χ2n) is 8.77. The molecule has 1 amide bonds. The highest BCUT2D eigenvalue weighted by molar-refractivity contribution is 8.15. The Hall–Kier alpha value is -2.44. The molecule has 1 aromatic heterocycles. The zero-order valence-electron chi connectivity index (χ0n) is 18.8. The zero-order valence-corrected chi connectivity index (χ0v) is 19.6. The van der Waals surface area contributed by atoms with E-state index in [9.17, 15) is 15.0 Å². The summed E-state index contributed by atoms with van der Waals surface area (Å²) < 4.78 is 7.14. The van der Waals surface area contributed by atoms with E-state index in [-0.39, 0.29) is 17.6 Å². The quantitative estimate of drug-likeness (QED) is 0.460. The van der Waals surface area contributed by atoms with E-state index in [1.807, 2.05) is 36.5 Å². The van der Waals surface area contributed by atoms with Crippen LogP contribution in [0.5, 0.6) is 0 Å². The van der Waals surface area contributed by atoms with E-state index in [0.717, 1.165) is 44.2 Å². The molecule has 3 aliphatic rings. The number of fused-ring (bicyclic) bond motifs is 1. The number of anilines is 1. The number of hydrogen-bond donors (Lipinski definition) is 4. The van der Waals surface area contributed by atoms with Gasteiger partial charge in [0.2, 0.25) is 5.91 Å². The summed E-state index contributed by atoms with van der Waals surface area (Å²) >= 11 is 1.46. The fourth-order valence-corrected chi connectivity index (χ4v) is 6.02. The average Bonchev–Trinajstić information content (AvgIpc) is 3.53. The predicted molar refractivity (Wildman–Crippen MR) is 130 cm³/mol. The van der Waals surface area contributed by atoms with Crippen molar-refractivity contribution in [3.8, 4) is 5.69 Å². The molecule has 3 heterocycles. The number of morpholine rings is 1. The van der Waals surface area contributed by atoms with Crippen LogP contribution in [0.25, 0.3) is 5.69 Å². The van der Waals surface area contributed by atoms with Crippen LogP contribution in [0.2, 0.25) is 0 Å². The molecule has 11 heteroatoms. The molecule has 1 saturated heterocycles. The largest absolute Gasteiger partial charge is 0.390 e. The topological polar surface area (TPSA) is 124 Å². The van der Waals surface area contributed by atoms with E-state index in [4.69, 9.17) is 4.74 Å². The number of benzene rings is 1. The molecule has 182 valence electrons. The number of hydrogen-bond acceptors (Lipinski definition) is 9. The van der Waals surface area contributed by atoms with Crippen LogP contribution in [0.4, 0.5) is 5.69 Å². The summed E-state index contributed by atoms with van der Waals surface area (Å²) in [6.45, 7) is 4.50. The fraction of sp³-hybridized carbons (Fsp3) is 0.522. The Morgan fingerprint density at radius 1 is 1.21 bits per heavy atom. The average molecular weight is 487 g/mol. The molecular weight excluding hydrogens is 456 g/mol. The first-order chi connectivity index (χ1) is 16.6. The lowest BCUT2D eigenvalue weighted by atomic mass is 9.81. The van der Waals surface area contributed by atoms with Crippen LogP contribution in [0.1, 0.15) is 6.42 Å². The molecule has 1 saturated carbocycles. The normalized spacial score (nSPS) is 29.4. The van der Waals surface area contributed by atoms with Crippen molar-refractivity contribution in [3.63, 3.8) is 0 Å². The molecule has 0 unspecified atom stereocenters. The third-order valence-electron chi connectivity index (χ3n) is 6.54. The number of ether oxygens (including phenoxy) is 1. The van der Waals surface area contributed by atoms with Crippen molar-refractivity contribution >= 4 is 28.5 Å². The summed E-state index contributed by atoms with van der Waals surface area (Å²) in [6.07, 6.45) is 1.86. The van der Waals surface area contributed by atoms with Crippen molar-refractivity contribution in [3.05, 3.63) is 42.7 Å². The summed E-state index contributed by atoms with van der Waals surface area (Å²) in [6, 6.07) is 9.10. The zero-order chi connectivity index (χ0) is 23.5. The molecule has 4 N–H and O–H groups in total. The molecule has 2 aliphatic heterocycles. The van der Waals surface area contributed by atoms with E-state index >= 15 is 0 Å². The number of carbonyl (C=O) groups is 1. The van der Waals surface area contributed by atoms with Gasteiger partial charge < -0.3 is 25.6 Å². The van der Waals surface area contributed by atoms with Crippen LogP contribution in [0, 0.1) is 5.92 Å². The van der Waals surface area contributed by atoms with Gasteiger partial charge in [0.1, 0.15) is 6.10 Å². The number of thioether (sulfide) groups is 1. The smallest absolute Gasteiger partial charge is 0.224 e. The highest BCUT2D eigenvalue weighted by Crippen LogP contribution is 2.41. The van der Waals surface area contributed by atoms with E-state index < -0.39 is 24.2 Å². The van der Waals surface area contributed by atoms with Gasteiger partial charge in [-0.05, 0) is 36.8 Å². The van der Waals surface area contributed by atoms with Gasteiger partial charge in [-0.1, -0.05) is 11.8 Å². The third kappa shape index (κ3) is 5.13. The van der Waals surface area contributed by atoms with Crippen molar-refractivity contribution in [1.82, 2.24) is 20.0 Å². The first-order valence-electron chi connectivity index (χ1n) is 11.6. The number of aromatic nitrogens is 2. The van der Waals surface area contributed by atoms with Gasteiger partial charge in [-0.25, -0.2) is 4.68 Å². The van der Waals surface area contributed by atoms with Gasteiger partial charge in [-0.2, -0.15) is 5.10 Å². The second-order valence-corrected chi connectivity index (χ2v) is 9.94. The summed E-state index contributed by atoms with van der Waals surface area (Å²) in [5.74, 6) is -0.523. The monoisotopic (exact) mass is 486 g/mol. The number of amides is 1. The molecular formula is C23H30N6O4S. The number of aliphatic hydroxyl groups excluding tert-OH is 2. The van der Waals surface area contributed by atoms with E-state index in [2.05, 4.69) is 25.6 Å². The van der Waals surface area contributed by atoms with Gasteiger partial charge in [0, 0.05) is 49.5 Å². The maximum Gasteiger partial charge on any atom is 0.224 e. The van der Waals surface area contributed by atoms with Crippen molar-refractivity contribution < 1.29 is 19.7 Å². The van der Waals surface area contributed by atoms with Crippen molar-refractivity contribution in [2.75, 3.05) is 44.7 Å². The standard InChI is InChI=1S/C23H30N6O4S/c30-18-14-17(22(32)24-7-9-28-10-12-33-13-11-28)21-19(20(18)31)27-23(34-21)26-15-2-4-16(5-3-15)29-8-1-6-25-29/h1-6,8,17-21,30-31H,7,9-14H2,(H,24,32)(H,26,27)/t17-,18+,19+,20-,21+/m0/s1. The summed E-state index contributed by atoms with van der Waals surface area (Å²) in [5.41, 5.74) is 1.79. The number of carbonyl (C=O) groups excluding carboxylic acids is 1. The SMILES string of the molecule is O=C(NCCN1CCOCC1)[C@H]1C[C@@H](O)[C@H](O)[C@H]2N=C(Nc3ccc(-n4cccn4)cc3)S[C@@H]21. The number of rotatable bonds is 6. The highest BCUT2D eigenvalue weighted by Gasteiger charge is 2.50. The van der Waals surface area contributed by atoms with Gasteiger partial charge in [-0.3, -0.25) is 14.7 Å². The Morgan fingerprint density at radius 2 is 2.00 bits per heavy atom. The van der Waals surface area contributed by atoms with Gasteiger partial charge in [-0.15, -0.1) is 0 Å². The van der Waals surface area contributed by atoms with Gasteiger partial charge in [0.15, 0.2) is 5.17 Å². The summed E-state index contributed by atoms with van der Waals surface area (Å²) in [4.78, 5) is 19.9. The lowest BCUT2D eigenvalue weighted by Gasteiger charge is -2.37. The number of nitrogens with one attached hydrogen (secondary N) is 2. The third-order valence-corrected chi connectivity index (χ3v) is 7.85. The maximum atomic E-state index is 13.0. The molecule has 1 aromatic carbocycles. The molecule has 34 heavy (non-hydrogen) atoms. The molecule has 2 fully saturated rings. The fourth-order valence-electron chi connectivity index (χ4n) is 4.64. The minimum Gasteiger partial charge on any atom is -0.390 e. The van der Waals surface area contributed by atoms with Crippen LogP contribution < -0.4 is 10.6 Å². The van der Waals surface area contributed by atoms with Gasteiger partial charge in [0.05, 0.1) is 37.0 Å². The van der Waals surface area contributed by atoms with E-state index in [1.165, 1.54) is 11.8 Å². The van der Waals surface area contributed by atoms with Crippen molar-refractivity contribution in [2.45, 2.75) is 29.9 Å².